The van der Waals surface area contributed by atoms with Crippen LogP contribution >= 0.6 is 0 Å². The summed E-state index contributed by atoms with van der Waals surface area (Å²) in [5.41, 5.74) is 9.09. The third kappa shape index (κ3) is 3.75. The lowest BCUT2D eigenvalue weighted by atomic mass is 10.0. The Morgan fingerprint density at radius 1 is 0.455 bits per heavy atom. The topological polar surface area (TPSA) is 94.1 Å². The van der Waals surface area contributed by atoms with Crippen molar-refractivity contribution in [3.63, 3.8) is 0 Å². The Labute approximate surface area is 252 Å². The van der Waals surface area contributed by atoms with E-state index in [9.17, 15) is 15.8 Å². The number of benzene rings is 5. The second-order valence-corrected chi connectivity index (χ2v) is 10.7. The number of nitrogens with zero attached hydrogens (tertiary/aromatic N) is 6. The molecule has 0 aliphatic heterocycles. The minimum absolute atomic E-state index is 0.554. The molecule has 44 heavy (non-hydrogen) atoms. The molecule has 3 heterocycles. The summed E-state index contributed by atoms with van der Waals surface area (Å²) in [6.07, 6.45) is 1.81. The molecule has 0 N–H and O–H groups in total. The van der Waals surface area contributed by atoms with Crippen LogP contribution in [0.25, 0.3) is 66.2 Å². The maximum Gasteiger partial charge on any atom is 0.145 e. The Morgan fingerprint density at radius 3 is 1.77 bits per heavy atom. The van der Waals surface area contributed by atoms with Gasteiger partial charge in [-0.3, -0.25) is 4.57 Å². The average molecular weight is 561 g/mol. The average Bonchev–Trinajstić information content (AvgIpc) is 3.60. The van der Waals surface area contributed by atoms with Gasteiger partial charge in [0, 0.05) is 33.4 Å². The quantitative estimate of drug-likeness (QED) is 0.216. The van der Waals surface area contributed by atoms with Crippen molar-refractivity contribution < 1.29 is 0 Å². The lowest BCUT2D eigenvalue weighted by Crippen LogP contribution is -2.01. The molecule has 3 aromatic heterocycles. The zero-order valence-corrected chi connectivity index (χ0v) is 23.2. The summed E-state index contributed by atoms with van der Waals surface area (Å²) in [6.45, 7) is 0. The summed E-state index contributed by atoms with van der Waals surface area (Å²) in [7, 11) is 0. The van der Waals surface area contributed by atoms with E-state index in [1.54, 1.807) is 6.07 Å². The largest absolute Gasteiger partial charge is 0.309 e. The third-order valence-electron chi connectivity index (χ3n) is 8.20. The fourth-order valence-corrected chi connectivity index (χ4v) is 6.29. The van der Waals surface area contributed by atoms with Crippen LogP contribution in [0.4, 0.5) is 0 Å². The Hall–Kier alpha value is -6.68. The monoisotopic (exact) mass is 560 g/mol. The Morgan fingerprint density at radius 2 is 1.07 bits per heavy atom. The highest BCUT2D eigenvalue weighted by atomic mass is 15.1. The fraction of sp³-hybridized carbons (Fsp3) is 0. The molecule has 0 aliphatic rings. The van der Waals surface area contributed by atoms with Gasteiger partial charge < -0.3 is 4.57 Å². The number of nitriles is 3. The SMILES string of the molecule is N#Cc1cccc(-c2cc(-n3c4ccc(C#N)cc4c4cc(C#N)ccc43)cc(-n3c4ccccc4c4cccnc43)c2)c1. The number of fused-ring (bicyclic) bond motifs is 6. The lowest BCUT2D eigenvalue weighted by Gasteiger charge is -2.15. The summed E-state index contributed by atoms with van der Waals surface area (Å²) in [6, 6.07) is 44.5. The van der Waals surface area contributed by atoms with Crippen LogP contribution in [0.15, 0.2) is 121 Å². The van der Waals surface area contributed by atoms with E-state index in [1.165, 1.54) is 0 Å². The highest BCUT2D eigenvalue weighted by molar-refractivity contribution is 6.11. The summed E-state index contributed by atoms with van der Waals surface area (Å²) < 4.78 is 4.36. The van der Waals surface area contributed by atoms with Crippen molar-refractivity contribution in [2.45, 2.75) is 0 Å². The van der Waals surface area contributed by atoms with Gasteiger partial charge in [0.25, 0.3) is 0 Å². The summed E-state index contributed by atoms with van der Waals surface area (Å²) in [5, 5.41) is 33.0. The molecule has 6 heteroatoms. The van der Waals surface area contributed by atoms with E-state index in [-0.39, 0.29) is 0 Å². The van der Waals surface area contributed by atoms with E-state index in [0.717, 1.165) is 66.2 Å². The van der Waals surface area contributed by atoms with Gasteiger partial charge in [-0.15, -0.1) is 0 Å². The molecule has 0 radical (unpaired) electrons. The maximum absolute atomic E-state index is 9.67. The standard InChI is InChI=1S/C38H20N6/c39-21-24-5-3-6-27(15-24)28-18-29(20-30(19-28)44-35-9-2-1-7-31(35)32-8-4-14-42-38(32)44)43-36-12-10-25(22-40)16-33(36)34-17-26(23-41)11-13-37(34)43/h1-20H. The molecule has 0 spiro atoms. The molecule has 8 aromatic rings. The predicted molar refractivity (Wildman–Crippen MR) is 172 cm³/mol. The minimum Gasteiger partial charge on any atom is -0.309 e. The Bertz CT molecular complexity index is 2470. The van der Waals surface area contributed by atoms with Crippen molar-refractivity contribution in [2.24, 2.45) is 0 Å². The van der Waals surface area contributed by atoms with E-state index in [4.69, 9.17) is 4.98 Å². The number of pyridine rings is 1. The minimum atomic E-state index is 0.554. The van der Waals surface area contributed by atoms with Gasteiger partial charge in [0.1, 0.15) is 5.65 Å². The Kier molecular flexibility index (Phi) is 5.53. The van der Waals surface area contributed by atoms with Gasteiger partial charge in [-0.1, -0.05) is 30.3 Å². The maximum atomic E-state index is 9.67. The van der Waals surface area contributed by atoms with Crippen molar-refractivity contribution >= 4 is 43.7 Å². The van der Waals surface area contributed by atoms with Crippen LogP contribution in [-0.4, -0.2) is 14.1 Å². The van der Waals surface area contributed by atoms with E-state index < -0.39 is 0 Å². The van der Waals surface area contributed by atoms with Crippen molar-refractivity contribution in [2.75, 3.05) is 0 Å². The summed E-state index contributed by atoms with van der Waals surface area (Å²) in [4.78, 5) is 4.81. The van der Waals surface area contributed by atoms with Crippen LogP contribution in [0.3, 0.4) is 0 Å². The van der Waals surface area contributed by atoms with Crippen LogP contribution in [0.2, 0.25) is 0 Å². The highest BCUT2D eigenvalue weighted by Crippen LogP contribution is 2.38. The highest BCUT2D eigenvalue weighted by Gasteiger charge is 2.18. The van der Waals surface area contributed by atoms with Gasteiger partial charge in [0.15, 0.2) is 0 Å². The molecule has 0 aliphatic carbocycles. The molecule has 0 atom stereocenters. The molecule has 5 aromatic carbocycles. The van der Waals surface area contributed by atoms with Gasteiger partial charge >= 0.3 is 0 Å². The lowest BCUT2D eigenvalue weighted by molar-refractivity contribution is 1.11. The number of hydrogen-bond acceptors (Lipinski definition) is 4. The van der Waals surface area contributed by atoms with Crippen molar-refractivity contribution in [3.8, 4) is 40.7 Å². The first-order valence-corrected chi connectivity index (χ1v) is 14.1. The van der Waals surface area contributed by atoms with Gasteiger partial charge in [-0.2, -0.15) is 15.8 Å². The molecule has 8 rings (SSSR count). The van der Waals surface area contributed by atoms with Gasteiger partial charge in [-0.25, -0.2) is 4.98 Å². The molecular weight excluding hydrogens is 540 g/mol. The van der Waals surface area contributed by atoms with E-state index >= 15 is 0 Å². The Balaban J connectivity index is 1.51. The molecule has 6 nitrogen and oxygen atoms in total. The van der Waals surface area contributed by atoms with Crippen LogP contribution < -0.4 is 0 Å². The normalized spacial score (nSPS) is 11.1. The molecule has 202 valence electrons. The first-order chi connectivity index (χ1) is 21.7. The van der Waals surface area contributed by atoms with Crippen molar-refractivity contribution in [1.29, 1.82) is 15.8 Å². The van der Waals surface area contributed by atoms with Gasteiger partial charge in [0.2, 0.25) is 0 Å². The van der Waals surface area contributed by atoms with E-state index in [2.05, 4.69) is 63.7 Å². The summed E-state index contributed by atoms with van der Waals surface area (Å²) >= 11 is 0. The smallest absolute Gasteiger partial charge is 0.145 e. The number of rotatable bonds is 3. The first kappa shape index (κ1) is 25.1. The second-order valence-electron chi connectivity index (χ2n) is 10.7. The molecule has 0 fully saturated rings. The van der Waals surface area contributed by atoms with E-state index in [0.29, 0.717) is 16.7 Å². The predicted octanol–water partition coefficient (Wildman–Crippen LogP) is 8.56. The van der Waals surface area contributed by atoms with Crippen molar-refractivity contribution in [3.05, 3.63) is 138 Å². The molecule has 0 amide bonds. The molecule has 0 bridgehead atoms. The van der Waals surface area contributed by atoms with Crippen molar-refractivity contribution in [1.82, 2.24) is 14.1 Å². The second kappa shape index (κ2) is 9.71. The molecular formula is C38H20N6. The fourth-order valence-electron chi connectivity index (χ4n) is 6.29. The molecule has 0 unspecified atom stereocenters. The molecule has 0 saturated carbocycles. The van der Waals surface area contributed by atoms with Crippen LogP contribution in [0, 0.1) is 34.0 Å². The number of aromatic nitrogens is 3. The first-order valence-electron chi connectivity index (χ1n) is 14.1. The van der Waals surface area contributed by atoms with Crippen LogP contribution in [0.1, 0.15) is 16.7 Å². The van der Waals surface area contributed by atoms with Crippen LogP contribution in [0.5, 0.6) is 0 Å². The zero-order chi connectivity index (χ0) is 29.8. The zero-order valence-electron chi connectivity index (χ0n) is 23.2. The third-order valence-corrected chi connectivity index (χ3v) is 8.20. The number of para-hydroxylation sites is 1. The van der Waals surface area contributed by atoms with Crippen LogP contribution in [-0.2, 0) is 0 Å². The molecule has 0 saturated heterocycles. The van der Waals surface area contributed by atoms with Gasteiger partial charge in [-0.05, 0) is 96.1 Å². The van der Waals surface area contributed by atoms with Gasteiger partial charge in [0.05, 0.1) is 57.1 Å². The number of hydrogen-bond donors (Lipinski definition) is 0. The summed E-state index contributed by atoms with van der Waals surface area (Å²) in [5.74, 6) is 0. The van der Waals surface area contributed by atoms with E-state index in [1.807, 2.05) is 79.0 Å².